The van der Waals surface area contributed by atoms with Gasteiger partial charge in [0, 0.05) is 36.9 Å². The first-order chi connectivity index (χ1) is 20.9. The van der Waals surface area contributed by atoms with Crippen LogP contribution < -0.4 is 4.74 Å². The molecule has 240 valence electrons. The predicted octanol–water partition coefficient (Wildman–Crippen LogP) is 6.55. The molecule has 1 N–H and O–H groups in total. The standard InChI is InChI=1S/C36H51N3O5/c1-22(2)26-15-8-9-16-27(26)30-31(38(6)21-25-19-24(23-13-12-14-23)20-37-33(25)43-7)29(36(3,4)5)32(35(41)42)39(30)34(40)28-17-10-11-18-44-28/h8-9,15-16,19-20,22-23,28-32H,10-14,17-18,21H2,1-7H3,(H,41,42)/t28?,29-,30-,31-,32-/m0/s1. The molecule has 1 amide bonds. The minimum atomic E-state index is -1.01. The number of carboxylic acid groups (broad SMARTS) is 1. The summed E-state index contributed by atoms with van der Waals surface area (Å²) in [5.41, 5.74) is 3.93. The van der Waals surface area contributed by atoms with Gasteiger partial charge in [-0.3, -0.25) is 9.69 Å². The lowest BCUT2D eigenvalue weighted by atomic mass is 9.71. The zero-order valence-corrected chi connectivity index (χ0v) is 27.6. The first-order valence-electron chi connectivity index (χ1n) is 16.4. The molecule has 3 fully saturated rings. The Hall–Kier alpha value is -2.97. The Kier molecular flexibility index (Phi) is 9.71. The Labute approximate surface area is 263 Å². The summed E-state index contributed by atoms with van der Waals surface area (Å²) in [6.45, 7) is 11.6. The summed E-state index contributed by atoms with van der Waals surface area (Å²) in [5, 5.41) is 10.9. The van der Waals surface area contributed by atoms with E-state index in [1.54, 1.807) is 12.0 Å². The normalized spacial score (nSPS) is 26.2. The van der Waals surface area contributed by atoms with Crippen molar-refractivity contribution in [3.8, 4) is 5.88 Å². The number of carbonyl (C=O) groups excluding carboxylic acids is 1. The van der Waals surface area contributed by atoms with Crippen LogP contribution in [0.25, 0.3) is 0 Å². The summed E-state index contributed by atoms with van der Waals surface area (Å²) in [4.78, 5) is 36.5. The van der Waals surface area contributed by atoms with E-state index >= 15 is 0 Å². The predicted molar refractivity (Wildman–Crippen MR) is 171 cm³/mol. The number of likely N-dealkylation sites (tertiary alicyclic amines) is 1. The minimum Gasteiger partial charge on any atom is -0.481 e. The second-order valence-electron chi connectivity index (χ2n) is 14.5. The smallest absolute Gasteiger partial charge is 0.326 e. The molecule has 1 saturated carbocycles. The largest absolute Gasteiger partial charge is 0.481 e. The van der Waals surface area contributed by atoms with E-state index in [1.807, 2.05) is 18.3 Å². The molecule has 2 saturated heterocycles. The van der Waals surface area contributed by atoms with Gasteiger partial charge in [0.25, 0.3) is 5.91 Å². The molecule has 5 atom stereocenters. The number of rotatable bonds is 9. The number of methoxy groups -OCH3 is 1. The van der Waals surface area contributed by atoms with Gasteiger partial charge in [-0.05, 0) is 79.2 Å². The Balaban J connectivity index is 1.66. The van der Waals surface area contributed by atoms with E-state index in [0.717, 1.165) is 29.5 Å². The van der Waals surface area contributed by atoms with Crippen molar-refractivity contribution in [2.75, 3.05) is 20.8 Å². The number of hydrogen-bond donors (Lipinski definition) is 1. The molecule has 44 heavy (non-hydrogen) atoms. The number of nitrogens with zero attached hydrogens (tertiary/aromatic N) is 3. The molecule has 1 aromatic carbocycles. The van der Waals surface area contributed by atoms with Gasteiger partial charge < -0.3 is 19.5 Å². The molecule has 8 nitrogen and oxygen atoms in total. The van der Waals surface area contributed by atoms with Crippen LogP contribution in [0.15, 0.2) is 36.5 Å². The molecule has 1 aromatic heterocycles. The van der Waals surface area contributed by atoms with Crippen molar-refractivity contribution in [2.45, 2.75) is 116 Å². The van der Waals surface area contributed by atoms with Gasteiger partial charge in [0.15, 0.2) is 0 Å². The average molecular weight is 606 g/mol. The average Bonchev–Trinajstić information content (AvgIpc) is 3.34. The highest BCUT2D eigenvalue weighted by Crippen LogP contribution is 2.52. The van der Waals surface area contributed by atoms with Crippen molar-refractivity contribution < 1.29 is 24.2 Å². The van der Waals surface area contributed by atoms with E-state index in [2.05, 4.69) is 69.7 Å². The third-order valence-electron chi connectivity index (χ3n) is 10.2. The second kappa shape index (κ2) is 13.2. The summed E-state index contributed by atoms with van der Waals surface area (Å²) >= 11 is 0. The van der Waals surface area contributed by atoms with E-state index in [4.69, 9.17) is 9.47 Å². The van der Waals surface area contributed by atoms with Crippen molar-refractivity contribution in [2.24, 2.45) is 11.3 Å². The van der Waals surface area contributed by atoms with Crippen LogP contribution in [0.4, 0.5) is 0 Å². The van der Waals surface area contributed by atoms with Crippen molar-refractivity contribution >= 4 is 11.9 Å². The fraction of sp³-hybridized carbons (Fsp3) is 0.639. The maximum Gasteiger partial charge on any atom is 0.326 e. The fourth-order valence-corrected chi connectivity index (χ4v) is 7.84. The summed E-state index contributed by atoms with van der Waals surface area (Å²) in [6.07, 6.45) is 7.31. The van der Waals surface area contributed by atoms with Gasteiger partial charge in [-0.1, -0.05) is 65.3 Å². The number of amides is 1. The van der Waals surface area contributed by atoms with Crippen LogP contribution in [-0.4, -0.2) is 70.7 Å². The fourth-order valence-electron chi connectivity index (χ4n) is 7.84. The van der Waals surface area contributed by atoms with Crippen molar-refractivity contribution in [3.05, 3.63) is 58.8 Å². The van der Waals surface area contributed by atoms with Gasteiger partial charge in [0.2, 0.25) is 5.88 Å². The minimum absolute atomic E-state index is 0.195. The lowest BCUT2D eigenvalue weighted by molar-refractivity contribution is -0.159. The Morgan fingerprint density at radius 3 is 2.43 bits per heavy atom. The van der Waals surface area contributed by atoms with E-state index in [9.17, 15) is 14.7 Å². The highest BCUT2D eigenvalue weighted by Gasteiger charge is 2.60. The van der Waals surface area contributed by atoms with Crippen molar-refractivity contribution in [1.82, 2.24) is 14.8 Å². The number of hydrogen-bond acceptors (Lipinski definition) is 6. The van der Waals surface area contributed by atoms with Gasteiger partial charge in [0.05, 0.1) is 13.2 Å². The first-order valence-corrected chi connectivity index (χ1v) is 16.4. The molecule has 2 aliphatic heterocycles. The summed E-state index contributed by atoms with van der Waals surface area (Å²) < 4.78 is 11.8. The monoisotopic (exact) mass is 605 g/mol. The Morgan fingerprint density at radius 2 is 1.86 bits per heavy atom. The topological polar surface area (TPSA) is 92.2 Å². The van der Waals surface area contributed by atoms with Crippen LogP contribution in [0.3, 0.4) is 0 Å². The maximum absolute atomic E-state index is 14.5. The van der Waals surface area contributed by atoms with E-state index < -0.39 is 29.6 Å². The van der Waals surface area contributed by atoms with Gasteiger partial charge >= 0.3 is 5.97 Å². The summed E-state index contributed by atoms with van der Waals surface area (Å²) in [5.74, 6) is -0.239. The zero-order valence-electron chi connectivity index (χ0n) is 27.6. The van der Waals surface area contributed by atoms with Gasteiger partial charge in [-0.2, -0.15) is 0 Å². The highest BCUT2D eigenvalue weighted by molar-refractivity contribution is 5.88. The van der Waals surface area contributed by atoms with Gasteiger partial charge in [-0.15, -0.1) is 0 Å². The van der Waals surface area contributed by atoms with Crippen LogP contribution in [-0.2, 0) is 20.9 Å². The maximum atomic E-state index is 14.5. The summed E-state index contributed by atoms with van der Waals surface area (Å²) in [6, 6.07) is 8.69. The lowest BCUT2D eigenvalue weighted by Gasteiger charge is -2.40. The molecule has 1 unspecified atom stereocenters. The molecule has 2 aromatic rings. The van der Waals surface area contributed by atoms with Crippen LogP contribution in [0, 0.1) is 11.3 Å². The third kappa shape index (κ3) is 6.25. The van der Waals surface area contributed by atoms with E-state index in [0.29, 0.717) is 31.4 Å². The molecule has 0 bridgehead atoms. The number of benzene rings is 1. The number of likely N-dealkylation sites (N-methyl/N-ethyl adjacent to an activating group) is 1. The summed E-state index contributed by atoms with van der Waals surface area (Å²) in [7, 11) is 3.71. The first kappa shape index (κ1) is 32.4. The number of aliphatic carboxylic acids is 1. The third-order valence-corrected chi connectivity index (χ3v) is 10.2. The van der Waals surface area contributed by atoms with Gasteiger partial charge in [0.1, 0.15) is 12.1 Å². The van der Waals surface area contributed by atoms with Crippen molar-refractivity contribution in [1.29, 1.82) is 0 Å². The Morgan fingerprint density at radius 1 is 1.14 bits per heavy atom. The molecule has 8 heteroatoms. The van der Waals surface area contributed by atoms with Gasteiger partial charge in [-0.25, -0.2) is 9.78 Å². The molecule has 0 spiro atoms. The number of carbonyl (C=O) groups is 2. The van der Waals surface area contributed by atoms with Crippen LogP contribution in [0.5, 0.6) is 5.88 Å². The lowest BCUT2D eigenvalue weighted by Crippen LogP contribution is -2.51. The molecular weight excluding hydrogens is 554 g/mol. The Bertz CT molecular complexity index is 1330. The molecule has 1 aliphatic carbocycles. The molecule has 3 aliphatic rings. The SMILES string of the molecule is COc1ncc(C2CCC2)cc1CN(C)[C@H]1[C@H](C(C)(C)C)[C@@H](C(=O)O)N(C(=O)C2CCCCO2)[C@H]1c1ccccc1C(C)C. The zero-order chi connectivity index (χ0) is 31.8. The van der Waals surface area contributed by atoms with E-state index in [1.165, 1.54) is 24.8 Å². The number of ether oxygens (including phenoxy) is 2. The second-order valence-corrected chi connectivity index (χ2v) is 14.5. The van der Waals surface area contributed by atoms with Crippen LogP contribution in [0.2, 0.25) is 0 Å². The van der Waals surface area contributed by atoms with Crippen LogP contribution in [0.1, 0.15) is 113 Å². The highest BCUT2D eigenvalue weighted by atomic mass is 16.5. The van der Waals surface area contributed by atoms with E-state index in [-0.39, 0.29) is 23.8 Å². The van der Waals surface area contributed by atoms with Crippen LogP contribution >= 0.6 is 0 Å². The number of pyridine rings is 1. The molecule has 0 radical (unpaired) electrons. The number of carboxylic acids is 1. The number of aromatic nitrogens is 1. The van der Waals surface area contributed by atoms with Crippen molar-refractivity contribution in [3.63, 3.8) is 0 Å². The molecular formula is C36H51N3O5. The molecule has 5 rings (SSSR count). The quantitative estimate of drug-likeness (QED) is 0.347. The molecule has 3 heterocycles.